The number of aliphatic hydroxyl groups is 1. The Morgan fingerprint density at radius 1 is 1.04 bits per heavy atom. The number of carbonyl (C=O) groups excluding carboxylic acids is 4. The summed E-state index contributed by atoms with van der Waals surface area (Å²) in [6, 6.07) is -3.73. The maximum Gasteiger partial charge on any atom is 0.328 e. The maximum absolute atomic E-state index is 11.9. The molecule has 0 aromatic rings. The minimum atomic E-state index is -1.52. The highest BCUT2D eigenvalue weighted by atomic mass is 32.1. The molecule has 3 unspecified atom stereocenters. The first-order valence-electron chi connectivity index (χ1n) is 7.48. The molecule has 0 aromatic carbocycles. The van der Waals surface area contributed by atoms with Crippen LogP contribution in [0, 0.1) is 0 Å². The molecule has 0 bridgehead atoms. The summed E-state index contributed by atoms with van der Waals surface area (Å²) in [5, 5.41) is 24.1. The first-order chi connectivity index (χ1) is 12.1. The number of primary amides is 1. The Morgan fingerprint density at radius 3 is 2.12 bits per heavy atom. The van der Waals surface area contributed by atoms with Crippen molar-refractivity contribution in [1.29, 1.82) is 0 Å². The first-order valence-corrected chi connectivity index (χ1v) is 8.11. The molecule has 0 aliphatic carbocycles. The number of amides is 4. The molecule has 0 aromatic heterocycles. The molecule has 0 rings (SSSR count). The number of rotatable bonds is 12. The highest BCUT2D eigenvalue weighted by Crippen LogP contribution is 1.94. The van der Waals surface area contributed by atoms with Crippen LogP contribution in [0.15, 0.2) is 0 Å². The van der Waals surface area contributed by atoms with E-state index < -0.39 is 60.9 Å². The van der Waals surface area contributed by atoms with Gasteiger partial charge in [-0.05, 0) is 6.42 Å². The lowest BCUT2D eigenvalue weighted by Gasteiger charge is -2.19. The molecule has 12 nitrogen and oxygen atoms in total. The zero-order chi connectivity index (χ0) is 20.3. The average Bonchev–Trinajstić information content (AvgIpc) is 2.59. The SMILES string of the molecule is NC(=O)CCC(N)C(=O)NCC(=O)NC(CS)C(=O)NC(CO)C(=O)O. The molecule has 0 aliphatic heterocycles. The Morgan fingerprint density at radius 2 is 1.65 bits per heavy atom. The van der Waals surface area contributed by atoms with Crippen molar-refractivity contribution in [3.63, 3.8) is 0 Å². The number of hydrogen-bond acceptors (Lipinski definition) is 8. The van der Waals surface area contributed by atoms with E-state index in [0.29, 0.717) is 0 Å². The van der Waals surface area contributed by atoms with Crippen LogP contribution in [-0.4, -0.2) is 76.8 Å². The molecule has 9 N–H and O–H groups in total. The highest BCUT2D eigenvalue weighted by molar-refractivity contribution is 7.80. The van der Waals surface area contributed by atoms with Gasteiger partial charge in [0, 0.05) is 12.2 Å². The van der Waals surface area contributed by atoms with Crippen LogP contribution in [0.1, 0.15) is 12.8 Å². The fourth-order valence-corrected chi connectivity index (χ4v) is 1.88. The predicted octanol–water partition coefficient (Wildman–Crippen LogP) is -4.33. The summed E-state index contributed by atoms with van der Waals surface area (Å²) in [5.41, 5.74) is 10.5. The predicted molar refractivity (Wildman–Crippen MR) is 91.8 cm³/mol. The van der Waals surface area contributed by atoms with Gasteiger partial charge in [-0.3, -0.25) is 19.2 Å². The van der Waals surface area contributed by atoms with E-state index >= 15 is 0 Å². The average molecular weight is 393 g/mol. The molecular weight excluding hydrogens is 370 g/mol. The van der Waals surface area contributed by atoms with Crippen LogP contribution in [0.3, 0.4) is 0 Å². The number of carboxylic acid groups (broad SMARTS) is 1. The van der Waals surface area contributed by atoms with Crippen molar-refractivity contribution in [3.05, 3.63) is 0 Å². The molecular formula is C13H23N5O7S. The molecule has 0 spiro atoms. The summed E-state index contributed by atoms with van der Waals surface area (Å²) in [4.78, 5) is 56.7. The molecule has 13 heteroatoms. The molecule has 0 heterocycles. The number of hydrogen-bond donors (Lipinski definition) is 8. The van der Waals surface area contributed by atoms with E-state index in [0.717, 1.165) is 0 Å². The Hall–Kier alpha value is -2.38. The topological polar surface area (TPSA) is 214 Å². The van der Waals surface area contributed by atoms with Crippen molar-refractivity contribution in [2.45, 2.75) is 31.0 Å². The maximum atomic E-state index is 11.9. The third kappa shape index (κ3) is 9.19. The van der Waals surface area contributed by atoms with Gasteiger partial charge in [0.15, 0.2) is 0 Å². The minimum absolute atomic E-state index is 0.0161. The van der Waals surface area contributed by atoms with Crippen molar-refractivity contribution >= 4 is 42.2 Å². The molecule has 3 atom stereocenters. The number of thiol groups is 1. The van der Waals surface area contributed by atoms with Gasteiger partial charge < -0.3 is 37.6 Å². The van der Waals surface area contributed by atoms with E-state index in [1.54, 1.807) is 0 Å². The van der Waals surface area contributed by atoms with E-state index in [1.807, 2.05) is 5.32 Å². The number of carbonyl (C=O) groups is 5. The largest absolute Gasteiger partial charge is 0.480 e. The van der Waals surface area contributed by atoms with E-state index in [-0.39, 0.29) is 18.6 Å². The van der Waals surface area contributed by atoms with Gasteiger partial charge in [-0.15, -0.1) is 0 Å². The number of carboxylic acids is 1. The summed E-state index contributed by atoms with van der Waals surface area (Å²) >= 11 is 3.88. The Bertz CT molecular complexity index is 545. The monoisotopic (exact) mass is 393 g/mol. The number of nitrogens with two attached hydrogens (primary N) is 2. The number of aliphatic carboxylic acids is 1. The summed E-state index contributed by atoms with van der Waals surface area (Å²) < 4.78 is 0. The van der Waals surface area contributed by atoms with Gasteiger partial charge in [0.2, 0.25) is 23.6 Å². The Labute approximate surface area is 154 Å². The lowest BCUT2D eigenvalue weighted by Crippen LogP contribution is -2.55. The van der Waals surface area contributed by atoms with Crippen molar-refractivity contribution in [3.8, 4) is 0 Å². The second kappa shape index (κ2) is 12.1. The lowest BCUT2D eigenvalue weighted by atomic mass is 10.1. The third-order valence-electron chi connectivity index (χ3n) is 3.09. The van der Waals surface area contributed by atoms with Gasteiger partial charge in [-0.2, -0.15) is 12.6 Å². The smallest absolute Gasteiger partial charge is 0.328 e. The molecule has 0 fully saturated rings. The second-order valence-electron chi connectivity index (χ2n) is 5.21. The van der Waals surface area contributed by atoms with Gasteiger partial charge >= 0.3 is 5.97 Å². The van der Waals surface area contributed by atoms with Crippen LogP contribution in [0.2, 0.25) is 0 Å². The van der Waals surface area contributed by atoms with E-state index in [1.165, 1.54) is 0 Å². The Kier molecular flexibility index (Phi) is 10.9. The lowest BCUT2D eigenvalue weighted by molar-refractivity contribution is -0.143. The van der Waals surface area contributed by atoms with Crippen molar-refractivity contribution in [1.82, 2.24) is 16.0 Å². The van der Waals surface area contributed by atoms with Crippen LogP contribution in [-0.2, 0) is 24.0 Å². The van der Waals surface area contributed by atoms with Gasteiger partial charge in [-0.1, -0.05) is 0 Å². The number of nitrogens with one attached hydrogen (secondary N) is 3. The summed E-state index contributed by atoms with van der Waals surface area (Å²) in [6.45, 7) is -1.32. The molecule has 0 radical (unpaired) electrons. The van der Waals surface area contributed by atoms with Gasteiger partial charge in [0.25, 0.3) is 0 Å². The zero-order valence-electron chi connectivity index (χ0n) is 13.8. The fraction of sp³-hybridized carbons (Fsp3) is 0.615. The van der Waals surface area contributed by atoms with E-state index in [9.17, 15) is 24.0 Å². The Balaban J connectivity index is 4.45. The normalized spacial score (nSPS) is 13.8. The standard InChI is InChI=1S/C13H23N5O7S/c14-6(1-2-9(15)20)11(22)16-3-10(21)17-8(5-26)12(23)18-7(4-19)13(24)25/h6-8,19,26H,1-5,14H2,(H2,15,20)(H,16,22)(H,17,21)(H,18,23)(H,24,25). The summed E-state index contributed by atoms with van der Waals surface area (Å²) in [6.07, 6.45) is -0.0690. The van der Waals surface area contributed by atoms with Crippen LogP contribution in [0.25, 0.3) is 0 Å². The molecule has 148 valence electrons. The molecule has 0 saturated carbocycles. The van der Waals surface area contributed by atoms with Gasteiger partial charge in [0.1, 0.15) is 12.1 Å². The first kappa shape index (κ1) is 23.6. The quantitative estimate of drug-likeness (QED) is 0.151. The van der Waals surface area contributed by atoms with Gasteiger partial charge in [0.05, 0.1) is 19.2 Å². The highest BCUT2D eigenvalue weighted by Gasteiger charge is 2.25. The van der Waals surface area contributed by atoms with Crippen LogP contribution in [0.5, 0.6) is 0 Å². The van der Waals surface area contributed by atoms with Crippen LogP contribution < -0.4 is 27.4 Å². The van der Waals surface area contributed by atoms with Crippen molar-refractivity contribution < 1.29 is 34.2 Å². The van der Waals surface area contributed by atoms with E-state index in [2.05, 4.69) is 23.3 Å². The van der Waals surface area contributed by atoms with Gasteiger partial charge in [-0.25, -0.2) is 4.79 Å². The minimum Gasteiger partial charge on any atom is -0.480 e. The van der Waals surface area contributed by atoms with E-state index in [4.69, 9.17) is 21.7 Å². The number of aliphatic hydroxyl groups excluding tert-OH is 1. The summed E-state index contributed by atoms with van der Waals surface area (Å²) in [5.74, 6) is -4.50. The van der Waals surface area contributed by atoms with Crippen LogP contribution in [0.4, 0.5) is 0 Å². The second-order valence-corrected chi connectivity index (χ2v) is 5.58. The molecule has 26 heavy (non-hydrogen) atoms. The molecule has 4 amide bonds. The third-order valence-corrected chi connectivity index (χ3v) is 3.46. The van der Waals surface area contributed by atoms with Crippen molar-refractivity contribution in [2.75, 3.05) is 18.9 Å². The fourth-order valence-electron chi connectivity index (χ4n) is 1.62. The summed E-state index contributed by atoms with van der Waals surface area (Å²) in [7, 11) is 0. The molecule has 0 saturated heterocycles. The van der Waals surface area contributed by atoms with Crippen molar-refractivity contribution in [2.24, 2.45) is 11.5 Å². The van der Waals surface area contributed by atoms with Crippen LogP contribution >= 0.6 is 12.6 Å². The zero-order valence-corrected chi connectivity index (χ0v) is 14.7. The molecule has 0 aliphatic rings.